The fourth-order valence-electron chi connectivity index (χ4n) is 3.89. The molecule has 0 aromatic heterocycles. The largest absolute Gasteiger partial charge is 0.466 e. The molecule has 0 spiro atoms. The average molecular weight is 473 g/mol. The first-order chi connectivity index (χ1) is 16.1. The van der Waals surface area contributed by atoms with E-state index in [9.17, 15) is 4.79 Å². The predicted octanol–water partition coefficient (Wildman–Crippen LogP) is 6.43. The lowest BCUT2D eigenvalue weighted by molar-refractivity contribution is -0.144. The maximum absolute atomic E-state index is 12.4. The highest BCUT2D eigenvalue weighted by atomic mass is 35.5. The Bertz CT molecular complexity index is 1190. The van der Waals surface area contributed by atoms with Crippen molar-refractivity contribution in [1.82, 2.24) is 0 Å². The SMILES string of the molecule is CCOC(=O)C(C)c1cccc(-c2cc(Cl)ccc2P(c2ccccc2)c2ccccc2)c1. The van der Waals surface area contributed by atoms with Crippen LogP contribution < -0.4 is 15.9 Å². The van der Waals surface area contributed by atoms with E-state index < -0.39 is 7.92 Å². The van der Waals surface area contributed by atoms with E-state index in [1.54, 1.807) is 0 Å². The van der Waals surface area contributed by atoms with Crippen LogP contribution in [-0.2, 0) is 9.53 Å². The highest BCUT2D eigenvalue weighted by Crippen LogP contribution is 2.38. The van der Waals surface area contributed by atoms with Crippen molar-refractivity contribution in [3.8, 4) is 11.1 Å². The molecule has 2 nitrogen and oxygen atoms in total. The van der Waals surface area contributed by atoms with E-state index in [0.717, 1.165) is 16.7 Å². The van der Waals surface area contributed by atoms with E-state index in [1.807, 2.05) is 50.2 Å². The zero-order chi connectivity index (χ0) is 23.2. The Labute approximate surface area is 202 Å². The van der Waals surface area contributed by atoms with Crippen LogP contribution in [0, 0.1) is 0 Å². The van der Waals surface area contributed by atoms with Crippen molar-refractivity contribution in [3.63, 3.8) is 0 Å². The number of hydrogen-bond donors (Lipinski definition) is 0. The summed E-state index contributed by atoms with van der Waals surface area (Å²) in [6.45, 7) is 4.09. The fourth-order valence-corrected chi connectivity index (χ4v) is 6.52. The molecule has 4 rings (SSSR count). The minimum atomic E-state index is -0.796. The van der Waals surface area contributed by atoms with Crippen molar-refractivity contribution in [2.75, 3.05) is 6.61 Å². The Kier molecular flexibility index (Phi) is 7.60. The van der Waals surface area contributed by atoms with Gasteiger partial charge >= 0.3 is 5.97 Å². The van der Waals surface area contributed by atoms with Gasteiger partial charge in [-0.05, 0) is 66.5 Å². The second-order valence-electron chi connectivity index (χ2n) is 7.77. The van der Waals surface area contributed by atoms with E-state index >= 15 is 0 Å². The van der Waals surface area contributed by atoms with E-state index in [1.165, 1.54) is 15.9 Å². The predicted molar refractivity (Wildman–Crippen MR) is 141 cm³/mol. The van der Waals surface area contributed by atoms with Gasteiger partial charge in [0.05, 0.1) is 12.5 Å². The van der Waals surface area contributed by atoms with Gasteiger partial charge in [-0.15, -0.1) is 0 Å². The number of carbonyl (C=O) groups is 1. The zero-order valence-electron chi connectivity index (χ0n) is 18.7. The molecule has 33 heavy (non-hydrogen) atoms. The third-order valence-corrected chi connectivity index (χ3v) is 8.30. The number of hydrogen-bond acceptors (Lipinski definition) is 2. The Hall–Kier alpha value is -2.93. The number of carbonyl (C=O) groups excluding carboxylic acids is 1. The lowest BCUT2D eigenvalue weighted by Crippen LogP contribution is -2.22. The van der Waals surface area contributed by atoms with Crippen LogP contribution in [-0.4, -0.2) is 12.6 Å². The Morgan fingerprint density at radius 3 is 2.09 bits per heavy atom. The quantitative estimate of drug-likeness (QED) is 0.229. The van der Waals surface area contributed by atoms with Crippen LogP contribution in [0.5, 0.6) is 0 Å². The third-order valence-electron chi connectivity index (χ3n) is 5.57. The molecule has 0 fully saturated rings. The van der Waals surface area contributed by atoms with E-state index in [2.05, 4.69) is 66.7 Å². The first-order valence-electron chi connectivity index (χ1n) is 11.0. The second kappa shape index (κ2) is 10.8. The van der Waals surface area contributed by atoms with Gasteiger partial charge in [0, 0.05) is 5.02 Å². The molecule has 0 aliphatic rings. The van der Waals surface area contributed by atoms with Gasteiger partial charge in [0.15, 0.2) is 0 Å². The molecule has 0 aliphatic carbocycles. The summed E-state index contributed by atoms with van der Waals surface area (Å²) >= 11 is 6.49. The van der Waals surface area contributed by atoms with Crippen molar-refractivity contribution < 1.29 is 9.53 Å². The zero-order valence-corrected chi connectivity index (χ0v) is 20.4. The third kappa shape index (κ3) is 5.36. The molecule has 0 amide bonds. The minimum absolute atomic E-state index is 0.211. The van der Waals surface area contributed by atoms with Crippen LogP contribution in [0.1, 0.15) is 25.3 Å². The molecule has 0 radical (unpaired) electrons. The molecule has 166 valence electrons. The average Bonchev–Trinajstić information content (AvgIpc) is 2.86. The topological polar surface area (TPSA) is 26.3 Å². The van der Waals surface area contributed by atoms with Gasteiger partial charge in [0.1, 0.15) is 0 Å². The highest BCUT2D eigenvalue weighted by Gasteiger charge is 2.22. The maximum Gasteiger partial charge on any atom is 0.313 e. The summed E-state index contributed by atoms with van der Waals surface area (Å²) in [6, 6.07) is 35.5. The number of rotatable bonds is 7. The second-order valence-corrected chi connectivity index (χ2v) is 10.4. The molecular weight excluding hydrogens is 447 g/mol. The molecule has 0 N–H and O–H groups in total. The Morgan fingerprint density at radius 2 is 1.48 bits per heavy atom. The molecule has 1 atom stereocenters. The summed E-state index contributed by atoms with van der Waals surface area (Å²) in [6.07, 6.45) is 0. The molecule has 4 aromatic rings. The van der Waals surface area contributed by atoms with Gasteiger partial charge in [0.2, 0.25) is 0 Å². The van der Waals surface area contributed by atoms with Gasteiger partial charge in [-0.3, -0.25) is 4.79 Å². The number of halogens is 1. The van der Waals surface area contributed by atoms with Crippen LogP contribution in [0.3, 0.4) is 0 Å². The van der Waals surface area contributed by atoms with Crippen LogP contribution in [0.15, 0.2) is 103 Å². The fraction of sp³-hybridized carbons (Fsp3) is 0.138. The van der Waals surface area contributed by atoms with Gasteiger partial charge < -0.3 is 4.74 Å². The first kappa shape index (κ1) is 23.2. The van der Waals surface area contributed by atoms with Gasteiger partial charge in [-0.2, -0.15) is 0 Å². The van der Waals surface area contributed by atoms with Gasteiger partial charge in [0.25, 0.3) is 0 Å². The summed E-state index contributed by atoms with van der Waals surface area (Å²) in [5.41, 5.74) is 3.06. The lowest BCUT2D eigenvalue weighted by Gasteiger charge is -2.23. The molecule has 0 saturated carbocycles. The number of esters is 1. The molecule has 1 unspecified atom stereocenters. The lowest BCUT2D eigenvalue weighted by atomic mass is 9.96. The number of benzene rings is 4. The van der Waals surface area contributed by atoms with Crippen molar-refractivity contribution in [2.24, 2.45) is 0 Å². The highest BCUT2D eigenvalue weighted by molar-refractivity contribution is 7.80. The van der Waals surface area contributed by atoms with Gasteiger partial charge in [-0.25, -0.2) is 0 Å². The van der Waals surface area contributed by atoms with Crippen molar-refractivity contribution in [3.05, 3.63) is 114 Å². The summed E-state index contributed by atoms with van der Waals surface area (Å²) < 4.78 is 5.24. The van der Waals surface area contributed by atoms with Gasteiger partial charge in [-0.1, -0.05) is 103 Å². The van der Waals surface area contributed by atoms with E-state index in [0.29, 0.717) is 11.6 Å². The molecule has 0 aliphatic heterocycles. The molecule has 0 bridgehead atoms. The summed E-state index contributed by atoms with van der Waals surface area (Å²) in [7, 11) is -0.796. The van der Waals surface area contributed by atoms with E-state index in [-0.39, 0.29) is 11.9 Å². The first-order valence-corrected chi connectivity index (χ1v) is 12.8. The standard InChI is InChI=1S/C29H26ClO2P/c1-3-32-29(31)21(2)22-11-10-12-23(19-22)27-20-24(30)17-18-28(27)33(25-13-6-4-7-14-25)26-15-8-5-9-16-26/h4-21H,3H2,1-2H3. The van der Waals surface area contributed by atoms with Crippen molar-refractivity contribution in [2.45, 2.75) is 19.8 Å². The smallest absolute Gasteiger partial charge is 0.313 e. The normalized spacial score (nSPS) is 11.9. The number of ether oxygens (including phenoxy) is 1. The molecule has 4 aromatic carbocycles. The minimum Gasteiger partial charge on any atom is -0.466 e. The molecule has 4 heteroatoms. The summed E-state index contributed by atoms with van der Waals surface area (Å²) in [5.74, 6) is -0.547. The molecule has 0 saturated heterocycles. The van der Waals surface area contributed by atoms with E-state index in [4.69, 9.17) is 16.3 Å². The van der Waals surface area contributed by atoms with Crippen molar-refractivity contribution >= 4 is 41.4 Å². The maximum atomic E-state index is 12.4. The van der Waals surface area contributed by atoms with Crippen LogP contribution in [0.25, 0.3) is 11.1 Å². The molecule has 0 heterocycles. The monoisotopic (exact) mass is 472 g/mol. The Morgan fingerprint density at radius 1 is 0.848 bits per heavy atom. The van der Waals surface area contributed by atoms with Crippen LogP contribution in [0.2, 0.25) is 5.02 Å². The Balaban J connectivity index is 1.86. The van der Waals surface area contributed by atoms with Crippen molar-refractivity contribution in [1.29, 1.82) is 0 Å². The van der Waals surface area contributed by atoms with Crippen LogP contribution >= 0.6 is 19.5 Å². The molecular formula is C29H26ClO2P. The summed E-state index contributed by atoms with van der Waals surface area (Å²) in [4.78, 5) is 12.4. The van der Waals surface area contributed by atoms with Crippen LogP contribution in [0.4, 0.5) is 0 Å². The summed E-state index contributed by atoms with van der Waals surface area (Å²) in [5, 5.41) is 4.47.